The minimum Gasteiger partial charge on any atom is -0.342 e. The predicted octanol–water partition coefficient (Wildman–Crippen LogP) is 2.51. The van der Waals surface area contributed by atoms with E-state index in [0.717, 1.165) is 31.0 Å². The molecule has 2 atom stereocenters. The van der Waals surface area contributed by atoms with E-state index in [9.17, 15) is 4.79 Å². The van der Waals surface area contributed by atoms with Crippen molar-refractivity contribution in [1.29, 1.82) is 0 Å². The number of rotatable bonds is 2. The molecule has 4 aliphatic rings. The first kappa shape index (κ1) is 13.1. The summed E-state index contributed by atoms with van der Waals surface area (Å²) in [5.74, 6) is 2.74. The summed E-state index contributed by atoms with van der Waals surface area (Å²) in [5, 5.41) is 0. The van der Waals surface area contributed by atoms with Gasteiger partial charge in [-0.15, -0.1) is 0 Å². The van der Waals surface area contributed by atoms with Crippen molar-refractivity contribution in [1.82, 2.24) is 9.80 Å². The van der Waals surface area contributed by atoms with Crippen LogP contribution in [-0.4, -0.2) is 47.9 Å². The highest BCUT2D eigenvalue weighted by Crippen LogP contribution is 2.54. The third-order valence-corrected chi connectivity index (χ3v) is 6.28. The van der Waals surface area contributed by atoms with E-state index in [0.29, 0.717) is 11.8 Å². The molecule has 1 amide bonds. The highest BCUT2D eigenvalue weighted by molar-refractivity contribution is 5.79. The number of fused-ring (bicyclic) bond motifs is 1. The molecule has 2 aliphatic heterocycles. The summed E-state index contributed by atoms with van der Waals surface area (Å²) in [6, 6.07) is 0.760. The number of carbonyl (C=O) groups is 1. The zero-order valence-corrected chi connectivity index (χ0v) is 12.6. The van der Waals surface area contributed by atoms with E-state index in [2.05, 4.69) is 9.80 Å². The molecule has 0 spiro atoms. The van der Waals surface area contributed by atoms with Gasteiger partial charge in [-0.1, -0.05) is 6.42 Å². The van der Waals surface area contributed by atoms with Gasteiger partial charge in [0.2, 0.25) is 5.91 Å². The van der Waals surface area contributed by atoms with Crippen molar-refractivity contribution < 1.29 is 4.79 Å². The van der Waals surface area contributed by atoms with Crippen LogP contribution < -0.4 is 0 Å². The van der Waals surface area contributed by atoms with Crippen molar-refractivity contribution in [3.63, 3.8) is 0 Å². The molecule has 0 aromatic rings. The second-order valence-electron chi connectivity index (χ2n) is 7.58. The lowest BCUT2D eigenvalue weighted by Crippen LogP contribution is -2.49. The largest absolute Gasteiger partial charge is 0.342 e. The molecule has 112 valence electrons. The molecule has 2 unspecified atom stereocenters. The number of likely N-dealkylation sites (tertiary alicyclic amines) is 2. The third-order valence-electron chi connectivity index (χ3n) is 6.28. The number of carbonyl (C=O) groups excluding carboxylic acids is 1. The number of hydrogen-bond donors (Lipinski definition) is 0. The lowest BCUT2D eigenvalue weighted by Gasteiger charge is -2.40. The molecule has 4 rings (SSSR count). The smallest absolute Gasteiger partial charge is 0.225 e. The Labute approximate surface area is 122 Å². The van der Waals surface area contributed by atoms with Crippen LogP contribution >= 0.6 is 0 Å². The molecule has 2 saturated heterocycles. The molecule has 0 bridgehead atoms. The second kappa shape index (κ2) is 5.32. The van der Waals surface area contributed by atoms with Crippen molar-refractivity contribution in [3.05, 3.63) is 0 Å². The highest BCUT2D eigenvalue weighted by atomic mass is 16.2. The minimum atomic E-state index is 0.394. The van der Waals surface area contributed by atoms with Crippen LogP contribution in [-0.2, 0) is 4.79 Å². The summed E-state index contributed by atoms with van der Waals surface area (Å²) in [6.45, 7) is 4.63. The fourth-order valence-electron chi connectivity index (χ4n) is 4.91. The van der Waals surface area contributed by atoms with Gasteiger partial charge in [-0.3, -0.25) is 4.79 Å². The topological polar surface area (TPSA) is 23.6 Å². The van der Waals surface area contributed by atoms with Crippen LogP contribution in [0, 0.1) is 17.8 Å². The highest BCUT2D eigenvalue weighted by Gasteiger charge is 2.49. The third kappa shape index (κ3) is 2.49. The van der Waals surface area contributed by atoms with Crippen LogP contribution in [0.4, 0.5) is 0 Å². The van der Waals surface area contributed by atoms with Gasteiger partial charge in [0.15, 0.2) is 0 Å². The fraction of sp³-hybridized carbons (Fsp3) is 0.941. The predicted molar refractivity (Wildman–Crippen MR) is 79.3 cm³/mol. The van der Waals surface area contributed by atoms with E-state index >= 15 is 0 Å². The van der Waals surface area contributed by atoms with Gasteiger partial charge >= 0.3 is 0 Å². The molecule has 2 saturated carbocycles. The Hall–Kier alpha value is -0.570. The van der Waals surface area contributed by atoms with Crippen molar-refractivity contribution >= 4 is 5.91 Å². The van der Waals surface area contributed by atoms with E-state index in [-0.39, 0.29) is 0 Å². The van der Waals surface area contributed by atoms with Crippen LogP contribution in [0.3, 0.4) is 0 Å². The van der Waals surface area contributed by atoms with Crippen LogP contribution in [0.2, 0.25) is 0 Å². The molecule has 2 heterocycles. The molecule has 3 nitrogen and oxygen atoms in total. The molecular formula is C17H28N2O. The zero-order valence-electron chi connectivity index (χ0n) is 12.6. The second-order valence-corrected chi connectivity index (χ2v) is 7.58. The zero-order chi connectivity index (χ0) is 13.5. The average Bonchev–Trinajstić information content (AvgIpc) is 3.13. The van der Waals surface area contributed by atoms with Gasteiger partial charge < -0.3 is 9.80 Å². The normalized spacial score (nSPS) is 38.8. The van der Waals surface area contributed by atoms with E-state index < -0.39 is 0 Å². The first-order valence-electron chi connectivity index (χ1n) is 8.84. The Balaban J connectivity index is 1.27. The van der Waals surface area contributed by atoms with Crippen LogP contribution in [0.15, 0.2) is 0 Å². The maximum absolute atomic E-state index is 12.6. The Morgan fingerprint density at radius 3 is 2.10 bits per heavy atom. The Morgan fingerprint density at radius 2 is 1.45 bits per heavy atom. The van der Waals surface area contributed by atoms with Gasteiger partial charge in [0, 0.05) is 25.0 Å². The molecule has 0 radical (unpaired) electrons. The first-order chi connectivity index (χ1) is 9.81. The Bertz CT molecular complexity index is 359. The monoisotopic (exact) mass is 276 g/mol. The molecule has 20 heavy (non-hydrogen) atoms. The van der Waals surface area contributed by atoms with Gasteiger partial charge in [-0.25, -0.2) is 0 Å². The van der Waals surface area contributed by atoms with E-state index in [1.165, 1.54) is 64.5 Å². The molecular weight excluding hydrogens is 248 g/mol. The molecule has 4 fully saturated rings. The quantitative estimate of drug-likeness (QED) is 0.774. The lowest BCUT2D eigenvalue weighted by atomic mass is 9.97. The molecule has 2 aliphatic carbocycles. The summed E-state index contributed by atoms with van der Waals surface area (Å²) in [6.07, 6.45) is 10.4. The van der Waals surface area contributed by atoms with Crippen molar-refractivity contribution in [2.24, 2.45) is 17.8 Å². The standard InChI is InChI=1S/C17H28N2O/c20-17(15-11-13-10-14(13)12-15)19-8-4-16(5-9-19)18-6-2-1-3-7-18/h13-16H,1-12H2. The van der Waals surface area contributed by atoms with Gasteiger partial charge in [0.1, 0.15) is 0 Å². The van der Waals surface area contributed by atoms with Gasteiger partial charge in [-0.05, 0) is 69.9 Å². The van der Waals surface area contributed by atoms with Gasteiger partial charge in [0.05, 0.1) is 0 Å². The Morgan fingerprint density at radius 1 is 0.800 bits per heavy atom. The summed E-state index contributed by atoms with van der Waals surface area (Å²) in [4.78, 5) is 17.4. The van der Waals surface area contributed by atoms with Crippen molar-refractivity contribution in [2.75, 3.05) is 26.2 Å². The van der Waals surface area contributed by atoms with Crippen LogP contribution in [0.5, 0.6) is 0 Å². The maximum atomic E-state index is 12.6. The number of hydrogen-bond acceptors (Lipinski definition) is 2. The van der Waals surface area contributed by atoms with E-state index in [1.54, 1.807) is 0 Å². The summed E-state index contributed by atoms with van der Waals surface area (Å²) in [5.41, 5.74) is 0. The number of nitrogens with zero attached hydrogens (tertiary/aromatic N) is 2. The van der Waals surface area contributed by atoms with Gasteiger partial charge in [0.25, 0.3) is 0 Å². The fourth-order valence-corrected chi connectivity index (χ4v) is 4.91. The lowest BCUT2D eigenvalue weighted by molar-refractivity contribution is -0.137. The average molecular weight is 276 g/mol. The molecule has 0 aromatic carbocycles. The summed E-state index contributed by atoms with van der Waals surface area (Å²) < 4.78 is 0. The first-order valence-corrected chi connectivity index (χ1v) is 8.84. The van der Waals surface area contributed by atoms with E-state index in [1.807, 2.05) is 0 Å². The summed E-state index contributed by atoms with van der Waals surface area (Å²) in [7, 11) is 0. The van der Waals surface area contributed by atoms with E-state index in [4.69, 9.17) is 0 Å². The SMILES string of the molecule is O=C(C1CC2CC2C1)N1CCC(N2CCCCC2)CC1. The minimum absolute atomic E-state index is 0.394. The Kier molecular flexibility index (Phi) is 3.49. The van der Waals surface area contributed by atoms with Gasteiger partial charge in [-0.2, -0.15) is 0 Å². The molecule has 0 aromatic heterocycles. The maximum Gasteiger partial charge on any atom is 0.225 e. The molecule has 0 N–H and O–H groups in total. The van der Waals surface area contributed by atoms with Crippen LogP contribution in [0.1, 0.15) is 51.4 Å². The van der Waals surface area contributed by atoms with Crippen molar-refractivity contribution in [2.45, 2.75) is 57.4 Å². The summed E-state index contributed by atoms with van der Waals surface area (Å²) >= 11 is 0. The van der Waals surface area contributed by atoms with Crippen molar-refractivity contribution in [3.8, 4) is 0 Å². The van der Waals surface area contributed by atoms with Crippen LogP contribution in [0.25, 0.3) is 0 Å². The number of amides is 1. The molecule has 3 heteroatoms. The number of piperidine rings is 2.